The second-order valence-electron chi connectivity index (χ2n) is 4.54. The first-order chi connectivity index (χ1) is 5.77. The van der Waals surface area contributed by atoms with Gasteiger partial charge in [0.2, 0.25) is 0 Å². The zero-order chi connectivity index (χ0) is 8.55. The molecule has 2 saturated heterocycles. The largest absolute Gasteiger partial charge is 0.314 e. The smallest absolute Gasteiger partial charge is 0.0348 e. The molecule has 0 spiro atoms. The quantitative estimate of drug-likeness (QED) is 0.630. The van der Waals surface area contributed by atoms with Gasteiger partial charge in [-0.05, 0) is 25.7 Å². The molecule has 0 saturated carbocycles. The Bertz CT molecular complexity index is 152. The van der Waals surface area contributed by atoms with Gasteiger partial charge < -0.3 is 5.32 Å². The Labute approximate surface area is 75.3 Å². The number of nitrogens with one attached hydrogen (secondary N) is 1. The Kier molecular flexibility index (Phi) is 2.37. The molecule has 70 valence electrons. The summed E-state index contributed by atoms with van der Waals surface area (Å²) in [7, 11) is 0. The van der Waals surface area contributed by atoms with Gasteiger partial charge in [-0.3, -0.25) is 4.90 Å². The van der Waals surface area contributed by atoms with Gasteiger partial charge in [0.05, 0.1) is 0 Å². The molecule has 2 rings (SSSR count). The fourth-order valence-corrected chi connectivity index (χ4v) is 2.34. The van der Waals surface area contributed by atoms with Crippen LogP contribution in [-0.2, 0) is 0 Å². The molecule has 0 aliphatic carbocycles. The molecule has 1 N–H and O–H groups in total. The number of rotatable bonds is 1. The molecule has 12 heavy (non-hydrogen) atoms. The van der Waals surface area contributed by atoms with Crippen LogP contribution in [0.1, 0.15) is 26.7 Å². The topological polar surface area (TPSA) is 15.3 Å². The highest BCUT2D eigenvalue weighted by Gasteiger charge is 2.31. The summed E-state index contributed by atoms with van der Waals surface area (Å²) < 4.78 is 0. The van der Waals surface area contributed by atoms with Gasteiger partial charge in [-0.2, -0.15) is 0 Å². The van der Waals surface area contributed by atoms with Crippen molar-refractivity contribution in [2.45, 2.75) is 38.8 Å². The lowest BCUT2D eigenvalue weighted by Crippen LogP contribution is -2.61. The Morgan fingerprint density at radius 3 is 2.50 bits per heavy atom. The molecule has 0 bridgehead atoms. The van der Waals surface area contributed by atoms with Crippen molar-refractivity contribution in [1.29, 1.82) is 0 Å². The Morgan fingerprint density at radius 2 is 1.92 bits per heavy atom. The maximum atomic E-state index is 3.35. The zero-order valence-electron chi connectivity index (χ0n) is 8.21. The molecule has 0 aromatic rings. The van der Waals surface area contributed by atoms with E-state index in [2.05, 4.69) is 24.1 Å². The molecule has 0 aromatic heterocycles. The second kappa shape index (κ2) is 3.35. The summed E-state index contributed by atoms with van der Waals surface area (Å²) in [6.45, 7) is 8.52. The van der Waals surface area contributed by atoms with Crippen LogP contribution in [0.4, 0.5) is 0 Å². The molecule has 2 heteroatoms. The summed E-state index contributed by atoms with van der Waals surface area (Å²) in [5.41, 5.74) is 0. The summed E-state index contributed by atoms with van der Waals surface area (Å²) in [6.07, 6.45) is 2.83. The van der Waals surface area contributed by atoms with E-state index >= 15 is 0 Å². The van der Waals surface area contributed by atoms with Crippen LogP contribution in [0.3, 0.4) is 0 Å². The Morgan fingerprint density at radius 1 is 1.17 bits per heavy atom. The van der Waals surface area contributed by atoms with Gasteiger partial charge in [-0.15, -0.1) is 0 Å². The number of likely N-dealkylation sites (tertiary alicyclic amines) is 1. The van der Waals surface area contributed by atoms with Crippen LogP contribution in [0, 0.1) is 5.92 Å². The predicted molar refractivity (Wildman–Crippen MR) is 51.2 cm³/mol. The van der Waals surface area contributed by atoms with Crippen LogP contribution < -0.4 is 5.32 Å². The number of piperidine rings is 1. The van der Waals surface area contributed by atoms with Crippen molar-refractivity contribution in [3.05, 3.63) is 0 Å². The van der Waals surface area contributed by atoms with Gasteiger partial charge in [-0.25, -0.2) is 0 Å². The molecular weight excluding hydrogens is 148 g/mol. The lowest BCUT2D eigenvalue weighted by atomic mass is 9.92. The highest BCUT2D eigenvalue weighted by atomic mass is 15.3. The first kappa shape index (κ1) is 8.52. The van der Waals surface area contributed by atoms with E-state index in [0.717, 1.165) is 18.0 Å². The number of hydrogen-bond acceptors (Lipinski definition) is 2. The van der Waals surface area contributed by atoms with E-state index in [4.69, 9.17) is 0 Å². The molecule has 2 heterocycles. The predicted octanol–water partition coefficient (Wildman–Crippen LogP) is 1.08. The van der Waals surface area contributed by atoms with Crippen LogP contribution in [0.2, 0.25) is 0 Å². The van der Waals surface area contributed by atoms with Crippen molar-refractivity contribution in [3.63, 3.8) is 0 Å². The third-order valence-electron chi connectivity index (χ3n) is 3.39. The van der Waals surface area contributed by atoms with E-state index in [1.54, 1.807) is 0 Å². The summed E-state index contributed by atoms with van der Waals surface area (Å²) in [5, 5.41) is 3.35. The van der Waals surface area contributed by atoms with Crippen LogP contribution in [0.5, 0.6) is 0 Å². The number of nitrogens with zero attached hydrogens (tertiary/aromatic N) is 1. The van der Waals surface area contributed by atoms with Crippen LogP contribution in [0.15, 0.2) is 0 Å². The van der Waals surface area contributed by atoms with Crippen molar-refractivity contribution >= 4 is 0 Å². The molecule has 2 fully saturated rings. The first-order valence-corrected chi connectivity index (χ1v) is 5.24. The van der Waals surface area contributed by atoms with Crippen LogP contribution >= 0.6 is 0 Å². The summed E-state index contributed by atoms with van der Waals surface area (Å²) in [4.78, 5) is 2.70. The molecule has 2 aliphatic rings. The molecule has 0 aromatic carbocycles. The molecular formula is C10H20N2. The standard InChI is InChI=1S/C10H20N2/c1-8-3-4-9(2)12(7-8)10-5-11-6-10/h8-11H,3-7H2,1-2H3. The fourth-order valence-electron chi connectivity index (χ4n) is 2.34. The fraction of sp³-hybridized carbons (Fsp3) is 1.00. The van der Waals surface area contributed by atoms with Gasteiger partial charge in [-0.1, -0.05) is 6.92 Å². The van der Waals surface area contributed by atoms with E-state index in [9.17, 15) is 0 Å². The van der Waals surface area contributed by atoms with Crippen molar-refractivity contribution < 1.29 is 0 Å². The molecule has 2 aliphatic heterocycles. The molecule has 0 radical (unpaired) electrons. The van der Waals surface area contributed by atoms with E-state index in [-0.39, 0.29) is 0 Å². The van der Waals surface area contributed by atoms with Crippen LogP contribution in [-0.4, -0.2) is 36.6 Å². The van der Waals surface area contributed by atoms with Crippen LogP contribution in [0.25, 0.3) is 0 Å². The third kappa shape index (κ3) is 1.50. The van der Waals surface area contributed by atoms with Gasteiger partial charge in [0, 0.05) is 31.7 Å². The summed E-state index contributed by atoms with van der Waals surface area (Å²) in [5.74, 6) is 0.918. The van der Waals surface area contributed by atoms with Crippen molar-refractivity contribution in [3.8, 4) is 0 Å². The van der Waals surface area contributed by atoms with Gasteiger partial charge in [0.25, 0.3) is 0 Å². The average Bonchev–Trinajstić information content (AvgIpc) is 1.93. The van der Waals surface area contributed by atoms with Crippen molar-refractivity contribution in [2.75, 3.05) is 19.6 Å². The number of hydrogen-bond donors (Lipinski definition) is 1. The van der Waals surface area contributed by atoms with Gasteiger partial charge >= 0.3 is 0 Å². The highest BCUT2D eigenvalue weighted by molar-refractivity contribution is 4.90. The van der Waals surface area contributed by atoms with Crippen molar-refractivity contribution in [1.82, 2.24) is 10.2 Å². The van der Waals surface area contributed by atoms with E-state index in [1.165, 1.54) is 32.5 Å². The maximum absolute atomic E-state index is 3.35. The highest BCUT2D eigenvalue weighted by Crippen LogP contribution is 2.24. The summed E-state index contributed by atoms with van der Waals surface area (Å²) in [6, 6.07) is 1.68. The first-order valence-electron chi connectivity index (χ1n) is 5.24. The summed E-state index contributed by atoms with van der Waals surface area (Å²) >= 11 is 0. The zero-order valence-corrected chi connectivity index (χ0v) is 8.21. The minimum atomic E-state index is 0.827. The monoisotopic (exact) mass is 168 g/mol. The van der Waals surface area contributed by atoms with Crippen molar-refractivity contribution in [2.24, 2.45) is 5.92 Å². The molecule has 0 amide bonds. The maximum Gasteiger partial charge on any atom is 0.0348 e. The SMILES string of the molecule is CC1CCC(C)N(C2CNC2)C1. The van der Waals surface area contributed by atoms with Gasteiger partial charge in [0.1, 0.15) is 0 Å². The minimum absolute atomic E-state index is 0.827. The van der Waals surface area contributed by atoms with E-state index < -0.39 is 0 Å². The average molecular weight is 168 g/mol. The Balaban J connectivity index is 1.91. The molecule has 2 atom stereocenters. The Hall–Kier alpha value is -0.0800. The normalized spacial score (nSPS) is 39.5. The third-order valence-corrected chi connectivity index (χ3v) is 3.39. The molecule has 2 nitrogen and oxygen atoms in total. The second-order valence-corrected chi connectivity index (χ2v) is 4.54. The molecule has 2 unspecified atom stereocenters. The van der Waals surface area contributed by atoms with E-state index in [1.807, 2.05) is 0 Å². The lowest BCUT2D eigenvalue weighted by molar-refractivity contribution is 0.0512. The minimum Gasteiger partial charge on any atom is -0.314 e. The van der Waals surface area contributed by atoms with E-state index in [0.29, 0.717) is 0 Å². The van der Waals surface area contributed by atoms with Gasteiger partial charge in [0.15, 0.2) is 0 Å². The lowest BCUT2D eigenvalue weighted by Gasteiger charge is -2.46.